The first-order valence-electron chi connectivity index (χ1n) is 6.35. The molecule has 2 aromatic carbocycles. The van der Waals surface area contributed by atoms with Crippen molar-refractivity contribution in [1.29, 1.82) is 0 Å². The van der Waals surface area contributed by atoms with Crippen molar-refractivity contribution >= 4 is 27.5 Å². The minimum Gasteiger partial charge on any atom is -0.311 e. The summed E-state index contributed by atoms with van der Waals surface area (Å²) in [7, 11) is 1.68. The third-order valence-corrected chi connectivity index (χ3v) is 3.85. The van der Waals surface area contributed by atoms with Crippen LogP contribution >= 0.6 is 15.9 Å². The zero-order valence-electron chi connectivity index (χ0n) is 11.4. The number of amides is 1. The molecular weight excluding hydrogens is 321 g/mol. The van der Waals surface area contributed by atoms with E-state index in [0.717, 1.165) is 12.1 Å². The van der Waals surface area contributed by atoms with E-state index in [1.165, 1.54) is 22.6 Å². The van der Waals surface area contributed by atoms with Crippen LogP contribution in [-0.2, 0) is 6.42 Å². The summed E-state index contributed by atoms with van der Waals surface area (Å²) in [6.07, 6.45) is 0.954. The van der Waals surface area contributed by atoms with Gasteiger partial charge in [-0.15, -0.1) is 0 Å². The highest BCUT2D eigenvalue weighted by Crippen LogP contribution is 2.20. The highest BCUT2D eigenvalue weighted by molar-refractivity contribution is 9.10. The maximum atomic E-state index is 13.5. The molecule has 1 amide bonds. The van der Waals surface area contributed by atoms with Gasteiger partial charge in [0.1, 0.15) is 5.82 Å². The molecule has 0 aliphatic heterocycles. The average molecular weight is 336 g/mol. The van der Waals surface area contributed by atoms with Crippen molar-refractivity contribution in [3.8, 4) is 0 Å². The Balaban J connectivity index is 2.24. The Morgan fingerprint density at radius 1 is 1.20 bits per heavy atom. The first-order valence-corrected chi connectivity index (χ1v) is 7.14. The van der Waals surface area contributed by atoms with E-state index in [4.69, 9.17) is 0 Å². The third-order valence-electron chi connectivity index (χ3n) is 3.20. The molecule has 104 valence electrons. The van der Waals surface area contributed by atoms with Crippen LogP contribution in [0.5, 0.6) is 0 Å². The van der Waals surface area contributed by atoms with E-state index in [2.05, 4.69) is 22.9 Å². The van der Waals surface area contributed by atoms with Crippen LogP contribution in [0.3, 0.4) is 0 Å². The smallest absolute Gasteiger partial charge is 0.258 e. The van der Waals surface area contributed by atoms with Crippen LogP contribution in [0.1, 0.15) is 22.8 Å². The molecule has 20 heavy (non-hydrogen) atoms. The molecule has 0 aromatic heterocycles. The molecule has 0 bridgehead atoms. The Bertz CT molecular complexity index is 625. The topological polar surface area (TPSA) is 20.3 Å². The molecule has 2 rings (SSSR count). The molecule has 0 atom stereocenters. The number of hydrogen-bond donors (Lipinski definition) is 0. The SMILES string of the molecule is CCc1ccc(N(C)C(=O)c2ccc(Br)c(F)c2)cc1. The van der Waals surface area contributed by atoms with E-state index in [-0.39, 0.29) is 5.91 Å². The normalized spacial score (nSPS) is 10.4. The van der Waals surface area contributed by atoms with Gasteiger partial charge in [0.2, 0.25) is 0 Å². The van der Waals surface area contributed by atoms with Crippen molar-refractivity contribution in [2.24, 2.45) is 0 Å². The highest BCUT2D eigenvalue weighted by Gasteiger charge is 2.14. The van der Waals surface area contributed by atoms with Crippen molar-refractivity contribution in [1.82, 2.24) is 0 Å². The summed E-state index contributed by atoms with van der Waals surface area (Å²) in [5.74, 6) is -0.675. The second-order valence-corrected chi connectivity index (χ2v) is 5.37. The van der Waals surface area contributed by atoms with Crippen LogP contribution in [-0.4, -0.2) is 13.0 Å². The van der Waals surface area contributed by atoms with Gasteiger partial charge in [-0.25, -0.2) is 4.39 Å². The van der Waals surface area contributed by atoms with Crippen LogP contribution < -0.4 is 4.90 Å². The van der Waals surface area contributed by atoms with Gasteiger partial charge in [0.25, 0.3) is 5.91 Å². The van der Waals surface area contributed by atoms with Gasteiger partial charge in [-0.1, -0.05) is 19.1 Å². The number of nitrogens with zero attached hydrogens (tertiary/aromatic N) is 1. The summed E-state index contributed by atoms with van der Waals surface area (Å²) >= 11 is 3.08. The van der Waals surface area contributed by atoms with Gasteiger partial charge in [-0.05, 0) is 58.2 Å². The van der Waals surface area contributed by atoms with Crippen molar-refractivity contribution in [3.05, 3.63) is 63.9 Å². The lowest BCUT2D eigenvalue weighted by molar-refractivity contribution is 0.0992. The van der Waals surface area contributed by atoms with E-state index in [0.29, 0.717) is 10.0 Å². The molecule has 0 saturated heterocycles. The number of anilines is 1. The number of halogens is 2. The monoisotopic (exact) mass is 335 g/mol. The molecular formula is C16H15BrFNO. The predicted octanol–water partition coefficient (Wildman–Crippen LogP) is 4.43. The van der Waals surface area contributed by atoms with Gasteiger partial charge in [0.15, 0.2) is 0 Å². The second kappa shape index (κ2) is 6.18. The van der Waals surface area contributed by atoms with E-state index in [9.17, 15) is 9.18 Å². The van der Waals surface area contributed by atoms with Gasteiger partial charge in [0, 0.05) is 18.3 Å². The van der Waals surface area contributed by atoms with E-state index < -0.39 is 5.82 Å². The molecule has 0 aliphatic rings. The van der Waals surface area contributed by atoms with Crippen LogP contribution in [0.15, 0.2) is 46.9 Å². The number of aryl methyl sites for hydroxylation is 1. The predicted molar refractivity (Wildman–Crippen MR) is 82.7 cm³/mol. The molecule has 0 heterocycles. The molecule has 2 aromatic rings. The standard InChI is InChI=1S/C16H15BrFNO/c1-3-11-4-7-13(8-5-11)19(2)16(20)12-6-9-14(17)15(18)10-12/h4-10H,3H2,1-2H3. The fourth-order valence-electron chi connectivity index (χ4n) is 1.90. The molecule has 0 N–H and O–H groups in total. The van der Waals surface area contributed by atoms with Crippen molar-refractivity contribution < 1.29 is 9.18 Å². The minimum atomic E-state index is -0.439. The zero-order valence-corrected chi connectivity index (χ0v) is 12.9. The zero-order chi connectivity index (χ0) is 14.7. The van der Waals surface area contributed by atoms with Gasteiger partial charge >= 0.3 is 0 Å². The first kappa shape index (κ1) is 14.7. The maximum absolute atomic E-state index is 13.5. The molecule has 0 saturated carbocycles. The number of carbonyl (C=O) groups is 1. The lowest BCUT2D eigenvalue weighted by Crippen LogP contribution is -2.26. The Hall–Kier alpha value is -1.68. The Morgan fingerprint density at radius 2 is 1.85 bits per heavy atom. The largest absolute Gasteiger partial charge is 0.311 e. The summed E-state index contributed by atoms with van der Waals surface area (Å²) in [6, 6.07) is 12.1. The van der Waals surface area contributed by atoms with Crippen molar-refractivity contribution in [3.63, 3.8) is 0 Å². The summed E-state index contributed by atoms with van der Waals surface area (Å²) in [5, 5.41) is 0. The fraction of sp³-hybridized carbons (Fsp3) is 0.188. The van der Waals surface area contributed by atoms with E-state index >= 15 is 0 Å². The van der Waals surface area contributed by atoms with Crippen LogP contribution in [0.4, 0.5) is 10.1 Å². The molecule has 0 unspecified atom stereocenters. The molecule has 2 nitrogen and oxygen atoms in total. The number of carbonyl (C=O) groups excluding carboxylic acids is 1. The summed E-state index contributed by atoms with van der Waals surface area (Å²) < 4.78 is 13.8. The molecule has 0 fully saturated rings. The van der Waals surface area contributed by atoms with Crippen LogP contribution in [0.2, 0.25) is 0 Å². The van der Waals surface area contributed by atoms with Gasteiger partial charge in [-0.3, -0.25) is 4.79 Å². The van der Waals surface area contributed by atoms with Gasteiger partial charge in [-0.2, -0.15) is 0 Å². The first-order chi connectivity index (χ1) is 9.52. The highest BCUT2D eigenvalue weighted by atomic mass is 79.9. The van der Waals surface area contributed by atoms with E-state index in [1.807, 2.05) is 24.3 Å². The summed E-state index contributed by atoms with van der Waals surface area (Å²) in [4.78, 5) is 13.8. The van der Waals surface area contributed by atoms with Crippen LogP contribution in [0.25, 0.3) is 0 Å². The minimum absolute atomic E-state index is 0.236. The third kappa shape index (κ3) is 3.07. The average Bonchev–Trinajstić information content (AvgIpc) is 2.48. The van der Waals surface area contributed by atoms with Crippen molar-refractivity contribution in [2.45, 2.75) is 13.3 Å². The Morgan fingerprint density at radius 3 is 2.40 bits per heavy atom. The van der Waals surface area contributed by atoms with Gasteiger partial charge < -0.3 is 4.90 Å². The Labute approximate surface area is 126 Å². The lowest BCUT2D eigenvalue weighted by Gasteiger charge is -2.18. The molecule has 4 heteroatoms. The second-order valence-electron chi connectivity index (χ2n) is 4.51. The quantitative estimate of drug-likeness (QED) is 0.812. The molecule has 0 aliphatic carbocycles. The van der Waals surface area contributed by atoms with Gasteiger partial charge in [0.05, 0.1) is 4.47 Å². The number of hydrogen-bond acceptors (Lipinski definition) is 1. The number of rotatable bonds is 3. The van der Waals surface area contributed by atoms with Crippen molar-refractivity contribution in [2.75, 3.05) is 11.9 Å². The van der Waals surface area contributed by atoms with E-state index in [1.54, 1.807) is 13.1 Å². The summed E-state index contributed by atoms with van der Waals surface area (Å²) in [6.45, 7) is 2.08. The molecule has 0 spiro atoms. The van der Waals surface area contributed by atoms with Crippen LogP contribution in [0, 0.1) is 5.82 Å². The summed E-state index contributed by atoms with van der Waals surface area (Å²) in [5.41, 5.74) is 2.33. The molecule has 0 radical (unpaired) electrons. The lowest BCUT2D eigenvalue weighted by atomic mass is 10.1. The number of benzene rings is 2. The fourth-order valence-corrected chi connectivity index (χ4v) is 2.14. The Kier molecular flexibility index (Phi) is 4.55. The maximum Gasteiger partial charge on any atom is 0.258 e.